The molecule has 3 aromatic rings. The van der Waals surface area contributed by atoms with Gasteiger partial charge in [0, 0.05) is 12.6 Å². The van der Waals surface area contributed by atoms with Gasteiger partial charge in [0.2, 0.25) is 0 Å². The Kier molecular flexibility index (Phi) is 2.40. The molecule has 18 heavy (non-hydrogen) atoms. The topological polar surface area (TPSA) is 82.5 Å². The summed E-state index contributed by atoms with van der Waals surface area (Å²) in [4.78, 5) is 12.8. The minimum absolute atomic E-state index is 0.465. The van der Waals surface area contributed by atoms with Crippen LogP contribution in [-0.2, 0) is 6.42 Å². The van der Waals surface area contributed by atoms with E-state index in [2.05, 4.69) is 20.1 Å². The van der Waals surface area contributed by atoms with Crippen LogP contribution in [0.1, 0.15) is 12.7 Å². The Morgan fingerprint density at radius 3 is 2.89 bits per heavy atom. The van der Waals surface area contributed by atoms with E-state index in [9.17, 15) is 0 Å². The zero-order valence-corrected chi connectivity index (χ0v) is 9.91. The molecule has 2 N–H and O–H groups in total. The Bertz CT molecular complexity index is 688. The number of fused-ring (bicyclic) bond motifs is 1. The zero-order valence-electron chi connectivity index (χ0n) is 9.91. The molecular weight excluding hydrogens is 228 g/mol. The van der Waals surface area contributed by atoms with Gasteiger partial charge in [-0.1, -0.05) is 6.92 Å². The van der Waals surface area contributed by atoms with E-state index in [4.69, 9.17) is 5.73 Å². The van der Waals surface area contributed by atoms with E-state index in [-0.39, 0.29) is 0 Å². The molecule has 0 bridgehead atoms. The molecule has 0 saturated carbocycles. The highest BCUT2D eigenvalue weighted by atomic mass is 15.3. The molecule has 0 unspecified atom stereocenters. The largest absolute Gasteiger partial charge is 0.383 e. The van der Waals surface area contributed by atoms with Gasteiger partial charge in [0.1, 0.15) is 11.6 Å². The first-order chi connectivity index (χ1) is 8.79. The molecular formula is C12H12N6. The Labute approximate surface area is 104 Å². The van der Waals surface area contributed by atoms with Crippen LogP contribution >= 0.6 is 0 Å². The molecule has 0 saturated heterocycles. The van der Waals surface area contributed by atoms with Gasteiger partial charge < -0.3 is 5.73 Å². The molecule has 0 radical (unpaired) electrons. The summed E-state index contributed by atoms with van der Waals surface area (Å²) in [6, 6.07) is 3.78. The van der Waals surface area contributed by atoms with Gasteiger partial charge in [0.15, 0.2) is 5.65 Å². The molecule has 0 fully saturated rings. The van der Waals surface area contributed by atoms with Gasteiger partial charge in [-0.25, -0.2) is 14.6 Å². The quantitative estimate of drug-likeness (QED) is 0.731. The van der Waals surface area contributed by atoms with Crippen molar-refractivity contribution in [2.45, 2.75) is 13.3 Å². The first kappa shape index (κ1) is 10.6. The maximum atomic E-state index is 5.90. The van der Waals surface area contributed by atoms with Crippen LogP contribution < -0.4 is 5.73 Å². The van der Waals surface area contributed by atoms with Gasteiger partial charge in [0.25, 0.3) is 0 Å². The fourth-order valence-electron chi connectivity index (χ4n) is 1.80. The second-order valence-corrected chi connectivity index (χ2v) is 3.88. The molecule has 3 rings (SSSR count). The maximum absolute atomic E-state index is 5.90. The van der Waals surface area contributed by atoms with E-state index < -0.39 is 0 Å². The fourth-order valence-corrected chi connectivity index (χ4v) is 1.80. The Hall–Kier alpha value is -2.50. The molecule has 6 heteroatoms. The number of rotatable bonds is 2. The van der Waals surface area contributed by atoms with Gasteiger partial charge in [-0.15, -0.1) is 0 Å². The molecule has 3 aromatic heterocycles. The predicted octanol–water partition coefficient (Wildman–Crippen LogP) is 1.36. The van der Waals surface area contributed by atoms with Gasteiger partial charge in [-0.05, 0) is 12.1 Å². The van der Waals surface area contributed by atoms with Crippen LogP contribution in [0, 0.1) is 0 Å². The molecule has 0 aromatic carbocycles. The third kappa shape index (κ3) is 1.58. The number of pyridine rings is 1. The van der Waals surface area contributed by atoms with Gasteiger partial charge >= 0.3 is 0 Å². The Morgan fingerprint density at radius 2 is 2.17 bits per heavy atom. The van der Waals surface area contributed by atoms with Crippen molar-refractivity contribution in [1.29, 1.82) is 0 Å². The zero-order chi connectivity index (χ0) is 12.5. The van der Waals surface area contributed by atoms with Crippen molar-refractivity contribution in [2.75, 3.05) is 5.73 Å². The number of nitrogens with two attached hydrogens (primary N) is 1. The SMILES string of the molecule is CCc1nc(N)c2cnn(-c3cccnc3)c2n1. The van der Waals surface area contributed by atoms with Gasteiger partial charge in [-0.2, -0.15) is 5.10 Å². The molecule has 0 spiro atoms. The van der Waals surface area contributed by atoms with E-state index in [1.165, 1.54) is 0 Å². The van der Waals surface area contributed by atoms with Crippen molar-refractivity contribution in [2.24, 2.45) is 0 Å². The van der Waals surface area contributed by atoms with Crippen LogP contribution in [0.3, 0.4) is 0 Å². The average Bonchev–Trinajstić information content (AvgIpc) is 2.84. The van der Waals surface area contributed by atoms with E-state index in [1.54, 1.807) is 23.3 Å². The monoisotopic (exact) mass is 240 g/mol. The van der Waals surface area contributed by atoms with E-state index in [0.29, 0.717) is 17.3 Å². The van der Waals surface area contributed by atoms with Crippen molar-refractivity contribution in [3.63, 3.8) is 0 Å². The second kappa shape index (κ2) is 4.06. The summed E-state index contributed by atoms with van der Waals surface area (Å²) in [5.41, 5.74) is 7.47. The van der Waals surface area contributed by atoms with E-state index in [0.717, 1.165) is 17.5 Å². The van der Waals surface area contributed by atoms with Crippen molar-refractivity contribution >= 4 is 16.9 Å². The van der Waals surface area contributed by atoms with Crippen molar-refractivity contribution < 1.29 is 0 Å². The number of nitrogen functional groups attached to an aromatic ring is 1. The second-order valence-electron chi connectivity index (χ2n) is 3.88. The highest BCUT2D eigenvalue weighted by Gasteiger charge is 2.11. The number of anilines is 1. The van der Waals surface area contributed by atoms with Crippen molar-refractivity contribution in [3.8, 4) is 5.69 Å². The first-order valence-electron chi connectivity index (χ1n) is 5.70. The molecule has 0 aliphatic carbocycles. The number of hydrogen-bond donors (Lipinski definition) is 1. The lowest BCUT2D eigenvalue weighted by Crippen LogP contribution is -2.03. The summed E-state index contributed by atoms with van der Waals surface area (Å²) >= 11 is 0. The molecule has 0 atom stereocenters. The summed E-state index contributed by atoms with van der Waals surface area (Å²) in [7, 11) is 0. The number of hydrogen-bond acceptors (Lipinski definition) is 5. The highest BCUT2D eigenvalue weighted by molar-refractivity contribution is 5.86. The van der Waals surface area contributed by atoms with Crippen LogP contribution in [-0.4, -0.2) is 24.7 Å². The molecule has 3 heterocycles. The molecule has 6 nitrogen and oxygen atoms in total. The highest BCUT2D eigenvalue weighted by Crippen LogP contribution is 2.20. The Balaban J connectivity index is 2.28. The number of nitrogens with zero attached hydrogens (tertiary/aromatic N) is 5. The predicted molar refractivity (Wildman–Crippen MR) is 68.2 cm³/mol. The lowest BCUT2D eigenvalue weighted by Gasteiger charge is -2.03. The van der Waals surface area contributed by atoms with Gasteiger partial charge in [-0.3, -0.25) is 4.98 Å². The lowest BCUT2D eigenvalue weighted by atomic mass is 10.3. The van der Waals surface area contributed by atoms with Gasteiger partial charge in [0.05, 0.1) is 23.5 Å². The summed E-state index contributed by atoms with van der Waals surface area (Å²) in [5, 5.41) is 5.06. The summed E-state index contributed by atoms with van der Waals surface area (Å²) < 4.78 is 1.72. The summed E-state index contributed by atoms with van der Waals surface area (Å²) in [5.74, 6) is 1.18. The number of aromatic nitrogens is 5. The minimum atomic E-state index is 0.465. The van der Waals surface area contributed by atoms with Crippen LogP contribution in [0.4, 0.5) is 5.82 Å². The van der Waals surface area contributed by atoms with Crippen molar-refractivity contribution in [1.82, 2.24) is 24.7 Å². The molecule has 90 valence electrons. The summed E-state index contributed by atoms with van der Waals surface area (Å²) in [6.45, 7) is 1.99. The maximum Gasteiger partial charge on any atom is 0.168 e. The number of aryl methyl sites for hydroxylation is 1. The summed E-state index contributed by atoms with van der Waals surface area (Å²) in [6.07, 6.45) is 5.86. The lowest BCUT2D eigenvalue weighted by molar-refractivity contribution is 0.873. The minimum Gasteiger partial charge on any atom is -0.383 e. The molecule has 0 aliphatic rings. The van der Waals surface area contributed by atoms with Crippen LogP contribution in [0.15, 0.2) is 30.7 Å². The average molecular weight is 240 g/mol. The van der Waals surface area contributed by atoms with E-state index >= 15 is 0 Å². The van der Waals surface area contributed by atoms with Crippen molar-refractivity contribution in [3.05, 3.63) is 36.5 Å². The smallest absolute Gasteiger partial charge is 0.168 e. The molecule has 0 amide bonds. The van der Waals surface area contributed by atoms with Crippen LogP contribution in [0.25, 0.3) is 16.7 Å². The van der Waals surface area contributed by atoms with Crippen LogP contribution in [0.2, 0.25) is 0 Å². The normalized spacial score (nSPS) is 10.9. The Morgan fingerprint density at radius 1 is 1.28 bits per heavy atom. The fraction of sp³-hybridized carbons (Fsp3) is 0.167. The third-order valence-corrected chi connectivity index (χ3v) is 2.71. The third-order valence-electron chi connectivity index (χ3n) is 2.71. The standard InChI is InChI=1S/C12H12N6/c1-2-10-16-11(13)9-7-15-18(12(9)17-10)8-4-3-5-14-6-8/h3-7H,2H2,1H3,(H2,13,16,17). The van der Waals surface area contributed by atoms with Crippen LogP contribution in [0.5, 0.6) is 0 Å². The first-order valence-corrected chi connectivity index (χ1v) is 5.70. The molecule has 0 aliphatic heterocycles. The van der Waals surface area contributed by atoms with E-state index in [1.807, 2.05) is 19.1 Å².